The van der Waals surface area contributed by atoms with Gasteiger partial charge in [0.05, 0.1) is 13.0 Å². The van der Waals surface area contributed by atoms with Crippen LogP contribution in [-0.2, 0) is 14.3 Å². The number of amides is 1. The summed E-state index contributed by atoms with van der Waals surface area (Å²) in [5.74, 6) is -0.718. The van der Waals surface area contributed by atoms with Gasteiger partial charge >= 0.3 is 5.97 Å². The Labute approximate surface area is 78.6 Å². The van der Waals surface area contributed by atoms with Crippen LogP contribution in [-0.4, -0.2) is 25.5 Å². The molecule has 0 aromatic rings. The van der Waals surface area contributed by atoms with Crippen molar-refractivity contribution in [2.45, 2.75) is 26.7 Å². The average Bonchev–Trinajstić information content (AvgIpc) is 2.13. The molecule has 1 amide bonds. The molecule has 13 heavy (non-hydrogen) atoms. The first-order valence-electron chi connectivity index (χ1n) is 4.50. The first-order chi connectivity index (χ1) is 6.15. The van der Waals surface area contributed by atoms with Crippen molar-refractivity contribution in [1.29, 1.82) is 0 Å². The van der Waals surface area contributed by atoms with Crippen molar-refractivity contribution in [3.8, 4) is 0 Å². The van der Waals surface area contributed by atoms with E-state index in [-0.39, 0.29) is 24.2 Å². The van der Waals surface area contributed by atoms with Crippen LogP contribution in [0.15, 0.2) is 0 Å². The smallest absolute Gasteiger partial charge is 0.309 e. The molecule has 0 spiro atoms. The SMILES string of the molecule is CCNC(=O)CC(CC)C(=O)OC. The molecule has 0 radical (unpaired) electrons. The molecule has 76 valence electrons. The molecular weight excluding hydrogens is 170 g/mol. The second-order valence-electron chi connectivity index (χ2n) is 2.79. The van der Waals surface area contributed by atoms with Gasteiger partial charge in [0.1, 0.15) is 0 Å². The molecule has 4 heteroatoms. The van der Waals surface area contributed by atoms with Gasteiger partial charge in [-0.3, -0.25) is 9.59 Å². The average molecular weight is 187 g/mol. The normalized spacial score (nSPS) is 11.9. The number of ether oxygens (including phenoxy) is 1. The highest BCUT2D eigenvalue weighted by Crippen LogP contribution is 2.09. The van der Waals surface area contributed by atoms with Crippen molar-refractivity contribution in [2.75, 3.05) is 13.7 Å². The number of carbonyl (C=O) groups is 2. The summed E-state index contributed by atoms with van der Waals surface area (Å²) in [5.41, 5.74) is 0. The number of rotatable bonds is 5. The Kier molecular flexibility index (Phi) is 5.93. The van der Waals surface area contributed by atoms with Crippen molar-refractivity contribution in [3.63, 3.8) is 0 Å². The minimum absolute atomic E-state index is 0.0975. The zero-order chi connectivity index (χ0) is 10.3. The largest absolute Gasteiger partial charge is 0.469 e. The Morgan fingerprint density at radius 3 is 2.38 bits per heavy atom. The Morgan fingerprint density at radius 2 is 2.00 bits per heavy atom. The molecule has 1 N–H and O–H groups in total. The summed E-state index contributed by atoms with van der Waals surface area (Å²) in [6, 6.07) is 0. The summed E-state index contributed by atoms with van der Waals surface area (Å²) in [4.78, 5) is 22.2. The minimum atomic E-state index is -0.311. The third-order valence-corrected chi connectivity index (χ3v) is 1.83. The summed E-state index contributed by atoms with van der Waals surface area (Å²) in [6.45, 7) is 4.30. The van der Waals surface area contributed by atoms with E-state index in [1.807, 2.05) is 13.8 Å². The van der Waals surface area contributed by atoms with Crippen LogP contribution in [0, 0.1) is 5.92 Å². The molecule has 0 rings (SSSR count). The van der Waals surface area contributed by atoms with Crippen molar-refractivity contribution < 1.29 is 14.3 Å². The maximum absolute atomic E-state index is 11.1. The molecule has 0 aliphatic carbocycles. The van der Waals surface area contributed by atoms with Crippen molar-refractivity contribution in [3.05, 3.63) is 0 Å². The van der Waals surface area contributed by atoms with Crippen LogP contribution in [0.5, 0.6) is 0 Å². The van der Waals surface area contributed by atoms with Gasteiger partial charge in [-0.15, -0.1) is 0 Å². The van der Waals surface area contributed by atoms with E-state index in [9.17, 15) is 9.59 Å². The summed E-state index contributed by atoms with van der Waals surface area (Å²) in [7, 11) is 1.34. The molecule has 0 saturated heterocycles. The van der Waals surface area contributed by atoms with E-state index >= 15 is 0 Å². The molecule has 0 bridgehead atoms. The highest BCUT2D eigenvalue weighted by atomic mass is 16.5. The third kappa shape index (κ3) is 4.50. The molecule has 0 heterocycles. The second-order valence-corrected chi connectivity index (χ2v) is 2.79. The molecule has 0 aliphatic rings. The van der Waals surface area contributed by atoms with Gasteiger partial charge in [-0.2, -0.15) is 0 Å². The maximum Gasteiger partial charge on any atom is 0.309 e. The van der Waals surface area contributed by atoms with Crippen LogP contribution in [0.1, 0.15) is 26.7 Å². The Balaban J connectivity index is 3.97. The number of carbonyl (C=O) groups excluding carboxylic acids is 2. The lowest BCUT2D eigenvalue weighted by atomic mass is 10.0. The van der Waals surface area contributed by atoms with Gasteiger partial charge in [0.2, 0.25) is 5.91 Å². The fourth-order valence-electron chi connectivity index (χ4n) is 1.05. The number of hydrogen-bond donors (Lipinski definition) is 1. The fourth-order valence-corrected chi connectivity index (χ4v) is 1.05. The van der Waals surface area contributed by atoms with Crippen molar-refractivity contribution >= 4 is 11.9 Å². The lowest BCUT2D eigenvalue weighted by Gasteiger charge is -2.11. The molecule has 4 nitrogen and oxygen atoms in total. The zero-order valence-electron chi connectivity index (χ0n) is 8.42. The summed E-state index contributed by atoms with van der Waals surface area (Å²) in [6.07, 6.45) is 0.848. The predicted molar refractivity (Wildman–Crippen MR) is 49.1 cm³/mol. The number of esters is 1. The zero-order valence-corrected chi connectivity index (χ0v) is 8.42. The van der Waals surface area contributed by atoms with Crippen LogP contribution in [0.25, 0.3) is 0 Å². The van der Waals surface area contributed by atoms with Crippen LogP contribution in [0.2, 0.25) is 0 Å². The molecule has 0 aliphatic heterocycles. The van der Waals surface area contributed by atoms with Gasteiger partial charge in [0, 0.05) is 13.0 Å². The fraction of sp³-hybridized carbons (Fsp3) is 0.778. The first kappa shape index (κ1) is 11.9. The van der Waals surface area contributed by atoms with Crippen molar-refractivity contribution in [1.82, 2.24) is 5.32 Å². The van der Waals surface area contributed by atoms with Gasteiger partial charge in [0.15, 0.2) is 0 Å². The van der Waals surface area contributed by atoms with Gasteiger partial charge < -0.3 is 10.1 Å². The minimum Gasteiger partial charge on any atom is -0.469 e. The highest BCUT2D eigenvalue weighted by Gasteiger charge is 2.19. The number of methoxy groups -OCH3 is 1. The van der Waals surface area contributed by atoms with Crippen LogP contribution >= 0.6 is 0 Å². The molecule has 0 aromatic heterocycles. The summed E-state index contributed by atoms with van der Waals surface area (Å²) < 4.78 is 4.56. The quantitative estimate of drug-likeness (QED) is 0.645. The van der Waals surface area contributed by atoms with Crippen LogP contribution < -0.4 is 5.32 Å². The van der Waals surface area contributed by atoms with Gasteiger partial charge in [0.25, 0.3) is 0 Å². The van der Waals surface area contributed by atoms with Gasteiger partial charge in [-0.1, -0.05) is 6.92 Å². The lowest BCUT2D eigenvalue weighted by Crippen LogP contribution is -2.28. The van der Waals surface area contributed by atoms with E-state index in [4.69, 9.17) is 0 Å². The Bertz CT molecular complexity index is 180. The van der Waals surface area contributed by atoms with E-state index in [1.165, 1.54) is 7.11 Å². The molecular formula is C9H17NO3. The van der Waals surface area contributed by atoms with Crippen LogP contribution in [0.3, 0.4) is 0 Å². The monoisotopic (exact) mass is 187 g/mol. The first-order valence-corrected chi connectivity index (χ1v) is 4.50. The molecule has 0 fully saturated rings. The molecule has 1 atom stereocenters. The van der Waals surface area contributed by atoms with E-state index in [0.717, 1.165) is 0 Å². The maximum atomic E-state index is 11.1. The van der Waals surface area contributed by atoms with E-state index < -0.39 is 0 Å². The molecule has 1 unspecified atom stereocenters. The highest BCUT2D eigenvalue weighted by molar-refractivity contribution is 5.82. The topological polar surface area (TPSA) is 55.4 Å². The summed E-state index contributed by atoms with van der Waals surface area (Å²) >= 11 is 0. The lowest BCUT2D eigenvalue weighted by molar-refractivity contribution is -0.147. The standard InChI is InChI=1S/C9H17NO3/c1-4-7(9(12)13-3)6-8(11)10-5-2/h7H,4-6H2,1-3H3,(H,10,11). The van der Waals surface area contributed by atoms with Gasteiger partial charge in [-0.05, 0) is 13.3 Å². The summed E-state index contributed by atoms with van der Waals surface area (Å²) in [5, 5.41) is 2.64. The van der Waals surface area contributed by atoms with E-state index in [2.05, 4.69) is 10.1 Å². The van der Waals surface area contributed by atoms with Crippen LogP contribution in [0.4, 0.5) is 0 Å². The second kappa shape index (κ2) is 6.46. The third-order valence-electron chi connectivity index (χ3n) is 1.83. The Morgan fingerprint density at radius 1 is 1.38 bits per heavy atom. The van der Waals surface area contributed by atoms with E-state index in [1.54, 1.807) is 0 Å². The number of nitrogens with one attached hydrogen (secondary N) is 1. The van der Waals surface area contributed by atoms with E-state index in [0.29, 0.717) is 13.0 Å². The molecule has 0 saturated carbocycles. The predicted octanol–water partition coefficient (Wildman–Crippen LogP) is 0.712. The number of hydrogen-bond acceptors (Lipinski definition) is 3. The molecule has 0 aromatic carbocycles. The Hall–Kier alpha value is -1.06. The van der Waals surface area contributed by atoms with Crippen molar-refractivity contribution in [2.24, 2.45) is 5.92 Å². The van der Waals surface area contributed by atoms with Gasteiger partial charge in [-0.25, -0.2) is 0 Å².